The molecule has 2 amide bonds. The van der Waals surface area contributed by atoms with E-state index in [0.717, 1.165) is 12.1 Å². The van der Waals surface area contributed by atoms with Crippen LogP contribution in [0.2, 0.25) is 0 Å². The average molecular weight is 301 g/mol. The Balaban J connectivity index is 3.16. The minimum Gasteiger partial charge on any atom is -0.478 e. The Hall–Kier alpha value is -2.29. The van der Waals surface area contributed by atoms with Crippen LogP contribution in [0.15, 0.2) is 23.1 Å². The van der Waals surface area contributed by atoms with Gasteiger partial charge >= 0.3 is 12.0 Å². The molecule has 5 N–H and O–H groups in total. The van der Waals surface area contributed by atoms with Crippen molar-refractivity contribution >= 4 is 27.7 Å². The first-order chi connectivity index (χ1) is 9.13. The summed E-state index contributed by atoms with van der Waals surface area (Å²) < 4.78 is 25.7. The molecule has 0 aliphatic heterocycles. The predicted octanol–water partition coefficient (Wildman–Crippen LogP) is 0.363. The number of nitrogens with two attached hydrogens (primary N) is 1. The first-order valence-electron chi connectivity index (χ1n) is 5.59. The van der Waals surface area contributed by atoms with Crippen molar-refractivity contribution in [2.24, 2.45) is 0 Å². The Morgan fingerprint density at radius 1 is 1.30 bits per heavy atom. The summed E-state index contributed by atoms with van der Waals surface area (Å²) in [5, 5.41) is 11.3. The molecule has 1 aromatic carbocycles. The summed E-state index contributed by atoms with van der Waals surface area (Å²) in [7, 11) is -4.30. The fraction of sp³-hybridized carbons (Fsp3) is 0.273. The first-order valence-corrected chi connectivity index (χ1v) is 7.08. The number of amides is 2. The number of benzene rings is 1. The molecule has 110 valence electrons. The molecule has 8 nitrogen and oxygen atoms in total. The van der Waals surface area contributed by atoms with E-state index in [-0.39, 0.29) is 11.7 Å². The van der Waals surface area contributed by atoms with E-state index in [1.54, 1.807) is 18.6 Å². The minimum absolute atomic E-state index is 0.105. The highest BCUT2D eigenvalue weighted by Crippen LogP contribution is 2.18. The largest absolute Gasteiger partial charge is 0.478 e. The summed E-state index contributed by atoms with van der Waals surface area (Å²) in [6.45, 7) is 3.30. The lowest BCUT2D eigenvalue weighted by molar-refractivity contribution is 0.0692. The van der Waals surface area contributed by atoms with Gasteiger partial charge in [-0.2, -0.15) is 0 Å². The third-order valence-electron chi connectivity index (χ3n) is 2.17. The highest BCUT2D eigenvalue weighted by Gasteiger charge is 2.24. The number of carboxylic acids is 1. The van der Waals surface area contributed by atoms with E-state index < -0.39 is 32.5 Å². The van der Waals surface area contributed by atoms with E-state index in [1.165, 1.54) is 6.07 Å². The molecule has 0 spiro atoms. The van der Waals surface area contributed by atoms with Crippen LogP contribution in [0.1, 0.15) is 24.2 Å². The van der Waals surface area contributed by atoms with E-state index >= 15 is 0 Å². The number of nitrogen functional groups attached to an aromatic ring is 1. The van der Waals surface area contributed by atoms with Crippen LogP contribution >= 0.6 is 0 Å². The van der Waals surface area contributed by atoms with E-state index in [2.05, 4.69) is 5.32 Å². The maximum atomic E-state index is 12.0. The summed E-state index contributed by atoms with van der Waals surface area (Å²) in [5.41, 5.74) is 5.02. The molecule has 0 fully saturated rings. The molecule has 0 bridgehead atoms. The molecule has 1 aromatic rings. The zero-order valence-electron chi connectivity index (χ0n) is 10.9. The average Bonchev–Trinajstić information content (AvgIpc) is 2.26. The lowest BCUT2D eigenvalue weighted by Gasteiger charge is -2.12. The monoisotopic (exact) mass is 301 g/mol. The van der Waals surface area contributed by atoms with Gasteiger partial charge in [0, 0.05) is 11.7 Å². The Kier molecular flexibility index (Phi) is 4.56. The standard InChI is InChI=1S/C11H15N3O5S/c1-6(2)13-11(17)14-20(18,19)9-4-3-7(12)5-8(9)10(15)16/h3-6H,12H2,1-2H3,(H,15,16)(H2,13,14,17). The summed E-state index contributed by atoms with van der Waals surface area (Å²) >= 11 is 0. The normalized spacial score (nSPS) is 11.2. The van der Waals surface area contributed by atoms with E-state index in [1.807, 2.05) is 0 Å². The fourth-order valence-corrected chi connectivity index (χ4v) is 2.51. The molecule has 0 aliphatic carbocycles. The van der Waals surface area contributed by atoms with Gasteiger partial charge in [-0.1, -0.05) is 0 Å². The number of sulfonamides is 1. The van der Waals surface area contributed by atoms with Gasteiger partial charge in [-0.05, 0) is 32.0 Å². The molecule has 0 heterocycles. The van der Waals surface area contributed by atoms with Gasteiger partial charge in [-0.15, -0.1) is 0 Å². The number of aromatic carboxylic acids is 1. The van der Waals surface area contributed by atoms with E-state index in [9.17, 15) is 18.0 Å². The Morgan fingerprint density at radius 2 is 1.90 bits per heavy atom. The second-order valence-corrected chi connectivity index (χ2v) is 5.95. The van der Waals surface area contributed by atoms with Gasteiger partial charge in [0.05, 0.1) is 5.56 Å². The number of hydrogen-bond acceptors (Lipinski definition) is 5. The number of nitrogens with one attached hydrogen (secondary N) is 2. The topological polar surface area (TPSA) is 139 Å². The number of carboxylic acid groups (broad SMARTS) is 1. The van der Waals surface area contributed by atoms with Crippen molar-refractivity contribution in [2.75, 3.05) is 5.73 Å². The third kappa shape index (κ3) is 3.85. The van der Waals surface area contributed by atoms with Crippen LogP contribution < -0.4 is 15.8 Å². The second kappa shape index (κ2) is 5.78. The minimum atomic E-state index is -4.30. The maximum absolute atomic E-state index is 12.0. The van der Waals surface area contributed by atoms with Gasteiger partial charge in [0.2, 0.25) is 0 Å². The number of hydrogen-bond donors (Lipinski definition) is 4. The molecule has 9 heteroatoms. The van der Waals surface area contributed by atoms with Crippen LogP contribution in [0.5, 0.6) is 0 Å². The summed E-state index contributed by atoms with van der Waals surface area (Å²) in [6.07, 6.45) is 0. The lowest BCUT2D eigenvalue weighted by Crippen LogP contribution is -2.42. The molecular formula is C11H15N3O5S. The smallest absolute Gasteiger partial charge is 0.337 e. The Labute approximate surface area is 116 Å². The molecule has 0 aromatic heterocycles. The van der Waals surface area contributed by atoms with Crippen LogP contribution in [0, 0.1) is 0 Å². The second-order valence-electron chi connectivity index (χ2n) is 4.29. The molecule has 20 heavy (non-hydrogen) atoms. The van der Waals surface area contributed by atoms with Crippen LogP contribution in [-0.4, -0.2) is 31.6 Å². The molecule has 0 saturated heterocycles. The van der Waals surface area contributed by atoms with Crippen LogP contribution in [0.25, 0.3) is 0 Å². The molecule has 0 saturated carbocycles. The van der Waals surface area contributed by atoms with E-state index in [0.29, 0.717) is 0 Å². The Bertz CT molecular complexity index is 639. The van der Waals surface area contributed by atoms with Gasteiger partial charge in [-0.3, -0.25) is 0 Å². The van der Waals surface area contributed by atoms with Crippen molar-refractivity contribution in [1.29, 1.82) is 0 Å². The fourth-order valence-electron chi connectivity index (χ4n) is 1.42. The van der Waals surface area contributed by atoms with Crippen molar-refractivity contribution in [2.45, 2.75) is 24.8 Å². The quantitative estimate of drug-likeness (QED) is 0.592. The van der Waals surface area contributed by atoms with Crippen LogP contribution in [-0.2, 0) is 10.0 Å². The zero-order chi connectivity index (χ0) is 15.5. The predicted molar refractivity (Wildman–Crippen MR) is 71.8 cm³/mol. The molecule has 0 atom stereocenters. The molecular weight excluding hydrogens is 286 g/mol. The first kappa shape index (κ1) is 15.8. The van der Waals surface area contributed by atoms with Crippen LogP contribution in [0.4, 0.5) is 10.5 Å². The zero-order valence-corrected chi connectivity index (χ0v) is 11.7. The van der Waals surface area contributed by atoms with Crippen molar-refractivity contribution < 1.29 is 23.1 Å². The number of carbonyl (C=O) groups excluding carboxylic acids is 1. The van der Waals surface area contributed by atoms with E-state index in [4.69, 9.17) is 10.8 Å². The van der Waals surface area contributed by atoms with Gasteiger partial charge in [0.1, 0.15) is 4.90 Å². The van der Waals surface area contributed by atoms with Crippen molar-refractivity contribution in [3.63, 3.8) is 0 Å². The number of anilines is 1. The summed E-state index contributed by atoms with van der Waals surface area (Å²) in [5.74, 6) is -1.46. The maximum Gasteiger partial charge on any atom is 0.337 e. The van der Waals surface area contributed by atoms with Crippen molar-refractivity contribution in [3.05, 3.63) is 23.8 Å². The Morgan fingerprint density at radius 3 is 2.40 bits per heavy atom. The van der Waals surface area contributed by atoms with Gasteiger partial charge in [0.25, 0.3) is 10.0 Å². The summed E-state index contributed by atoms with van der Waals surface area (Å²) in [6, 6.07) is 2.08. The number of carbonyl (C=O) groups is 2. The SMILES string of the molecule is CC(C)NC(=O)NS(=O)(=O)c1ccc(N)cc1C(=O)O. The molecule has 0 radical (unpaired) electrons. The van der Waals surface area contributed by atoms with Crippen LogP contribution in [0.3, 0.4) is 0 Å². The van der Waals surface area contributed by atoms with Gasteiger partial charge < -0.3 is 16.2 Å². The highest BCUT2D eigenvalue weighted by atomic mass is 32.2. The molecule has 0 unspecified atom stereocenters. The lowest BCUT2D eigenvalue weighted by atomic mass is 10.2. The molecule has 0 aliphatic rings. The molecule has 1 rings (SSSR count). The number of rotatable bonds is 4. The highest BCUT2D eigenvalue weighted by molar-refractivity contribution is 7.90. The van der Waals surface area contributed by atoms with Crippen molar-refractivity contribution in [1.82, 2.24) is 10.0 Å². The third-order valence-corrected chi connectivity index (χ3v) is 3.56. The summed E-state index contributed by atoms with van der Waals surface area (Å²) in [4.78, 5) is 21.9. The van der Waals surface area contributed by atoms with Gasteiger partial charge in [-0.25, -0.2) is 22.7 Å². The van der Waals surface area contributed by atoms with Crippen molar-refractivity contribution in [3.8, 4) is 0 Å². The van der Waals surface area contributed by atoms with Gasteiger partial charge in [0.15, 0.2) is 0 Å². The number of urea groups is 1.